The summed E-state index contributed by atoms with van der Waals surface area (Å²) in [6.45, 7) is 2.57. The van der Waals surface area contributed by atoms with E-state index < -0.39 is 0 Å². The van der Waals surface area contributed by atoms with Crippen LogP contribution in [0.4, 0.5) is 10.1 Å². The second kappa shape index (κ2) is 6.23. The zero-order valence-electron chi connectivity index (χ0n) is 9.37. The van der Waals surface area contributed by atoms with Crippen molar-refractivity contribution in [1.82, 2.24) is 0 Å². The van der Waals surface area contributed by atoms with Crippen molar-refractivity contribution in [3.05, 3.63) is 30.1 Å². The molecule has 0 aliphatic carbocycles. The van der Waals surface area contributed by atoms with Crippen molar-refractivity contribution >= 4 is 11.6 Å². The van der Waals surface area contributed by atoms with Gasteiger partial charge in [-0.15, -0.1) is 0 Å². The Kier molecular flexibility index (Phi) is 4.92. The van der Waals surface area contributed by atoms with Crippen LogP contribution in [-0.2, 0) is 4.79 Å². The van der Waals surface area contributed by atoms with Gasteiger partial charge in [-0.1, -0.05) is 13.0 Å². The lowest BCUT2D eigenvalue weighted by molar-refractivity contribution is -0.116. The number of halogens is 1. The van der Waals surface area contributed by atoms with Crippen LogP contribution in [-0.4, -0.2) is 12.5 Å². The van der Waals surface area contributed by atoms with Gasteiger partial charge in [0.15, 0.2) is 0 Å². The van der Waals surface area contributed by atoms with Crippen molar-refractivity contribution in [2.24, 2.45) is 11.7 Å². The predicted octanol–water partition coefficient (Wildman–Crippen LogP) is 2.14. The van der Waals surface area contributed by atoms with Gasteiger partial charge in [0.2, 0.25) is 5.91 Å². The molecule has 1 aromatic carbocycles. The molecular weight excluding hydrogens is 207 g/mol. The molecular formula is C12H17FN2O. The summed E-state index contributed by atoms with van der Waals surface area (Å²) in [4.78, 5) is 11.5. The molecule has 0 saturated heterocycles. The predicted molar refractivity (Wildman–Crippen MR) is 62.5 cm³/mol. The van der Waals surface area contributed by atoms with E-state index in [2.05, 4.69) is 5.32 Å². The third-order valence-corrected chi connectivity index (χ3v) is 2.37. The van der Waals surface area contributed by atoms with Gasteiger partial charge >= 0.3 is 0 Å². The van der Waals surface area contributed by atoms with E-state index in [-0.39, 0.29) is 11.7 Å². The van der Waals surface area contributed by atoms with E-state index in [1.165, 1.54) is 12.1 Å². The van der Waals surface area contributed by atoms with Crippen molar-refractivity contribution in [2.45, 2.75) is 19.8 Å². The van der Waals surface area contributed by atoms with Crippen LogP contribution in [0, 0.1) is 11.7 Å². The minimum Gasteiger partial charge on any atom is -0.330 e. The Bertz CT molecular complexity index is 355. The molecule has 0 aromatic heterocycles. The maximum atomic E-state index is 12.8. The second-order valence-electron chi connectivity index (χ2n) is 3.94. The maximum Gasteiger partial charge on any atom is 0.224 e. The van der Waals surface area contributed by atoms with E-state index in [0.29, 0.717) is 24.6 Å². The summed E-state index contributed by atoms with van der Waals surface area (Å²) in [6, 6.07) is 5.86. The number of anilines is 1. The van der Waals surface area contributed by atoms with Crippen molar-refractivity contribution in [3.63, 3.8) is 0 Å². The van der Waals surface area contributed by atoms with Crippen LogP contribution in [0.1, 0.15) is 19.8 Å². The number of hydrogen-bond donors (Lipinski definition) is 2. The van der Waals surface area contributed by atoms with E-state index in [0.717, 1.165) is 6.42 Å². The van der Waals surface area contributed by atoms with E-state index in [1.54, 1.807) is 12.1 Å². The largest absolute Gasteiger partial charge is 0.330 e. The van der Waals surface area contributed by atoms with E-state index in [1.807, 2.05) is 6.92 Å². The van der Waals surface area contributed by atoms with E-state index >= 15 is 0 Å². The quantitative estimate of drug-likeness (QED) is 0.805. The SMILES string of the molecule is CC(CN)CCC(=O)Nc1cccc(F)c1. The smallest absolute Gasteiger partial charge is 0.224 e. The molecule has 0 fully saturated rings. The number of carbonyl (C=O) groups is 1. The van der Waals surface area contributed by atoms with Crippen molar-refractivity contribution < 1.29 is 9.18 Å². The highest BCUT2D eigenvalue weighted by atomic mass is 19.1. The van der Waals surface area contributed by atoms with Gasteiger partial charge in [-0.3, -0.25) is 4.79 Å². The van der Waals surface area contributed by atoms with Gasteiger partial charge < -0.3 is 11.1 Å². The summed E-state index contributed by atoms with van der Waals surface area (Å²) >= 11 is 0. The minimum atomic E-state index is -0.354. The third kappa shape index (κ3) is 4.40. The van der Waals surface area contributed by atoms with Crippen LogP contribution < -0.4 is 11.1 Å². The molecule has 88 valence electrons. The molecule has 0 spiro atoms. The van der Waals surface area contributed by atoms with Gasteiger partial charge in [0, 0.05) is 12.1 Å². The summed E-state index contributed by atoms with van der Waals surface area (Å²) in [5, 5.41) is 2.64. The molecule has 3 nitrogen and oxygen atoms in total. The summed E-state index contributed by atoms with van der Waals surface area (Å²) in [5.74, 6) is -0.128. The van der Waals surface area contributed by atoms with Gasteiger partial charge in [0.25, 0.3) is 0 Å². The zero-order chi connectivity index (χ0) is 12.0. The summed E-state index contributed by atoms with van der Waals surface area (Å²) in [7, 11) is 0. The first kappa shape index (κ1) is 12.6. The average Bonchev–Trinajstić information content (AvgIpc) is 2.26. The fraction of sp³-hybridized carbons (Fsp3) is 0.417. The topological polar surface area (TPSA) is 55.1 Å². The zero-order valence-corrected chi connectivity index (χ0v) is 9.37. The molecule has 1 rings (SSSR count). The molecule has 0 heterocycles. The van der Waals surface area contributed by atoms with Crippen molar-refractivity contribution in [1.29, 1.82) is 0 Å². The number of hydrogen-bond acceptors (Lipinski definition) is 2. The minimum absolute atomic E-state index is 0.106. The number of carbonyl (C=O) groups excluding carboxylic acids is 1. The molecule has 1 aromatic rings. The fourth-order valence-corrected chi connectivity index (χ4v) is 1.29. The number of rotatable bonds is 5. The average molecular weight is 224 g/mol. The molecule has 0 saturated carbocycles. The number of nitrogens with one attached hydrogen (secondary N) is 1. The first-order chi connectivity index (χ1) is 7.61. The first-order valence-electron chi connectivity index (χ1n) is 5.37. The monoisotopic (exact) mass is 224 g/mol. The van der Waals surface area contributed by atoms with Crippen molar-refractivity contribution in [2.75, 3.05) is 11.9 Å². The molecule has 0 bridgehead atoms. The molecule has 1 amide bonds. The third-order valence-electron chi connectivity index (χ3n) is 2.37. The van der Waals surface area contributed by atoms with Crippen LogP contribution in [0.2, 0.25) is 0 Å². The fourth-order valence-electron chi connectivity index (χ4n) is 1.29. The molecule has 1 unspecified atom stereocenters. The highest BCUT2D eigenvalue weighted by Crippen LogP contribution is 2.11. The van der Waals surface area contributed by atoms with Crippen LogP contribution in [0.5, 0.6) is 0 Å². The van der Waals surface area contributed by atoms with Gasteiger partial charge in [-0.05, 0) is 37.1 Å². The Morgan fingerprint density at radius 2 is 2.31 bits per heavy atom. The molecule has 3 N–H and O–H groups in total. The lowest BCUT2D eigenvalue weighted by Gasteiger charge is -2.08. The van der Waals surface area contributed by atoms with Crippen LogP contribution >= 0.6 is 0 Å². The van der Waals surface area contributed by atoms with Crippen LogP contribution in [0.15, 0.2) is 24.3 Å². The van der Waals surface area contributed by atoms with Crippen molar-refractivity contribution in [3.8, 4) is 0 Å². The van der Waals surface area contributed by atoms with Gasteiger partial charge in [-0.2, -0.15) is 0 Å². The first-order valence-corrected chi connectivity index (χ1v) is 5.37. The highest BCUT2D eigenvalue weighted by molar-refractivity contribution is 5.90. The number of benzene rings is 1. The van der Waals surface area contributed by atoms with Crippen LogP contribution in [0.25, 0.3) is 0 Å². The molecule has 0 aliphatic heterocycles. The lowest BCUT2D eigenvalue weighted by Crippen LogP contribution is -2.16. The molecule has 1 atom stereocenters. The molecule has 0 aliphatic rings. The number of nitrogens with two attached hydrogens (primary N) is 1. The Hall–Kier alpha value is -1.42. The van der Waals surface area contributed by atoms with Gasteiger partial charge in [0.05, 0.1) is 0 Å². The van der Waals surface area contributed by atoms with E-state index in [4.69, 9.17) is 5.73 Å². The highest BCUT2D eigenvalue weighted by Gasteiger charge is 2.06. The molecule has 4 heteroatoms. The molecule has 16 heavy (non-hydrogen) atoms. The standard InChI is InChI=1S/C12H17FN2O/c1-9(8-14)5-6-12(16)15-11-4-2-3-10(13)7-11/h2-4,7,9H,5-6,8,14H2,1H3,(H,15,16). The Morgan fingerprint density at radius 3 is 2.94 bits per heavy atom. The summed E-state index contributed by atoms with van der Waals surface area (Å²) < 4.78 is 12.8. The summed E-state index contributed by atoms with van der Waals surface area (Å²) in [5.41, 5.74) is 5.94. The maximum absolute atomic E-state index is 12.8. The Morgan fingerprint density at radius 1 is 1.56 bits per heavy atom. The Labute approximate surface area is 94.8 Å². The second-order valence-corrected chi connectivity index (χ2v) is 3.94. The molecule has 0 radical (unpaired) electrons. The normalized spacial score (nSPS) is 12.2. The van der Waals surface area contributed by atoms with Gasteiger partial charge in [0.1, 0.15) is 5.82 Å². The lowest BCUT2D eigenvalue weighted by atomic mass is 10.1. The van der Waals surface area contributed by atoms with E-state index in [9.17, 15) is 9.18 Å². The Balaban J connectivity index is 2.40. The summed E-state index contributed by atoms with van der Waals surface area (Å²) in [6.07, 6.45) is 1.16. The van der Waals surface area contributed by atoms with Gasteiger partial charge in [-0.25, -0.2) is 4.39 Å². The number of amides is 1. The van der Waals surface area contributed by atoms with Crippen LogP contribution in [0.3, 0.4) is 0 Å².